The van der Waals surface area contributed by atoms with Crippen molar-refractivity contribution in [1.29, 1.82) is 0 Å². The molecular formula is C7H12N4. The van der Waals surface area contributed by atoms with E-state index in [9.17, 15) is 0 Å². The monoisotopic (exact) mass is 152 g/mol. The maximum absolute atomic E-state index is 5.68. The molecule has 4 nitrogen and oxygen atoms in total. The smallest absolute Gasteiger partial charge is 0.130 e. The van der Waals surface area contributed by atoms with Crippen LogP contribution in [0.2, 0.25) is 0 Å². The van der Waals surface area contributed by atoms with Crippen molar-refractivity contribution >= 4 is 17.3 Å². The molecule has 0 aromatic carbocycles. The van der Waals surface area contributed by atoms with Crippen LogP contribution in [-0.4, -0.2) is 4.98 Å². The minimum atomic E-state index is 0.408. The number of nitrogens with two attached hydrogens (primary N) is 3. The molecule has 0 aliphatic heterocycles. The second kappa shape index (κ2) is 2.30. The van der Waals surface area contributed by atoms with E-state index in [-0.39, 0.29) is 0 Å². The number of anilines is 3. The van der Waals surface area contributed by atoms with Crippen LogP contribution < -0.4 is 17.2 Å². The van der Waals surface area contributed by atoms with Gasteiger partial charge in [-0.3, -0.25) is 0 Å². The third-order valence-electron chi connectivity index (χ3n) is 1.82. The Balaban J connectivity index is 3.46. The summed E-state index contributed by atoms with van der Waals surface area (Å²) in [5.74, 6) is 0.816. The van der Waals surface area contributed by atoms with Crippen LogP contribution in [0.1, 0.15) is 11.1 Å². The largest absolute Gasteiger partial charge is 0.398 e. The summed E-state index contributed by atoms with van der Waals surface area (Å²) in [6, 6.07) is 0. The van der Waals surface area contributed by atoms with Crippen LogP contribution in [-0.2, 0) is 0 Å². The van der Waals surface area contributed by atoms with E-state index in [1.165, 1.54) is 0 Å². The van der Waals surface area contributed by atoms with Crippen LogP contribution in [0, 0.1) is 13.8 Å². The van der Waals surface area contributed by atoms with Gasteiger partial charge in [0.05, 0.1) is 0 Å². The number of hydrogen-bond donors (Lipinski definition) is 3. The Labute approximate surface area is 65.4 Å². The maximum atomic E-state index is 5.68. The van der Waals surface area contributed by atoms with Gasteiger partial charge in [-0.15, -0.1) is 0 Å². The molecule has 0 amide bonds. The van der Waals surface area contributed by atoms with E-state index in [0.717, 1.165) is 11.1 Å². The van der Waals surface area contributed by atoms with Crippen molar-refractivity contribution in [3.05, 3.63) is 11.1 Å². The number of nitrogens with zero attached hydrogens (tertiary/aromatic N) is 1. The Hall–Kier alpha value is -1.45. The summed E-state index contributed by atoms with van der Waals surface area (Å²) in [6.07, 6.45) is 0. The van der Waals surface area contributed by atoms with Gasteiger partial charge in [0.15, 0.2) is 0 Å². The van der Waals surface area contributed by atoms with Crippen LogP contribution in [0.25, 0.3) is 0 Å². The van der Waals surface area contributed by atoms with Gasteiger partial charge in [0, 0.05) is 16.8 Å². The molecule has 0 aliphatic carbocycles. The second-order valence-corrected chi connectivity index (χ2v) is 2.55. The Bertz CT molecular complexity index is 267. The average molecular weight is 152 g/mol. The first-order valence-corrected chi connectivity index (χ1v) is 3.31. The highest BCUT2D eigenvalue weighted by molar-refractivity contribution is 5.67. The summed E-state index contributed by atoms with van der Waals surface area (Å²) in [7, 11) is 0. The third kappa shape index (κ3) is 1.07. The topological polar surface area (TPSA) is 90.9 Å². The molecule has 0 atom stereocenters. The lowest BCUT2D eigenvalue weighted by molar-refractivity contribution is 1.25. The Kier molecular flexibility index (Phi) is 1.60. The SMILES string of the molecule is Cc1c(N)nc(N)c(C)c1N. The number of hydrogen-bond acceptors (Lipinski definition) is 4. The fourth-order valence-corrected chi connectivity index (χ4v) is 0.855. The van der Waals surface area contributed by atoms with E-state index in [1.54, 1.807) is 0 Å². The summed E-state index contributed by atoms with van der Waals surface area (Å²) in [5, 5.41) is 0. The lowest BCUT2D eigenvalue weighted by Gasteiger charge is -2.08. The van der Waals surface area contributed by atoms with Crippen molar-refractivity contribution < 1.29 is 0 Å². The van der Waals surface area contributed by atoms with Crippen molar-refractivity contribution in [3.8, 4) is 0 Å². The predicted octanol–water partition coefficient (Wildman–Crippen LogP) is 0.445. The molecule has 0 fully saturated rings. The maximum Gasteiger partial charge on any atom is 0.130 e. The molecule has 6 N–H and O–H groups in total. The highest BCUT2D eigenvalue weighted by Crippen LogP contribution is 2.23. The quantitative estimate of drug-likeness (QED) is 0.503. The normalized spacial score (nSPS) is 10.0. The van der Waals surface area contributed by atoms with Gasteiger partial charge in [-0.1, -0.05) is 0 Å². The van der Waals surface area contributed by atoms with Gasteiger partial charge >= 0.3 is 0 Å². The number of rotatable bonds is 0. The number of nitrogen functional groups attached to an aromatic ring is 3. The van der Waals surface area contributed by atoms with Gasteiger partial charge in [-0.05, 0) is 13.8 Å². The van der Waals surface area contributed by atoms with Crippen LogP contribution >= 0.6 is 0 Å². The van der Waals surface area contributed by atoms with Crippen molar-refractivity contribution in [2.24, 2.45) is 0 Å². The van der Waals surface area contributed by atoms with E-state index in [0.29, 0.717) is 17.3 Å². The summed E-state index contributed by atoms with van der Waals surface area (Å²) in [5.41, 5.74) is 19.0. The second-order valence-electron chi connectivity index (χ2n) is 2.55. The zero-order valence-electron chi connectivity index (χ0n) is 6.68. The molecule has 0 unspecified atom stereocenters. The Morgan fingerprint density at radius 3 is 1.64 bits per heavy atom. The number of aromatic nitrogens is 1. The molecule has 0 saturated carbocycles. The standard InChI is InChI=1S/C7H12N4/c1-3-5(8)4(2)7(10)11-6(3)9/h1-2H3,(H6,8,9,10,11). The Morgan fingerprint density at radius 2 is 1.27 bits per heavy atom. The Morgan fingerprint density at radius 1 is 0.909 bits per heavy atom. The summed E-state index contributed by atoms with van der Waals surface area (Å²) in [6.45, 7) is 3.65. The molecule has 0 bridgehead atoms. The summed E-state index contributed by atoms with van der Waals surface area (Å²) in [4.78, 5) is 3.91. The molecule has 60 valence electrons. The fraction of sp³-hybridized carbons (Fsp3) is 0.286. The molecular weight excluding hydrogens is 140 g/mol. The first kappa shape index (κ1) is 7.65. The van der Waals surface area contributed by atoms with Crippen molar-refractivity contribution in [1.82, 2.24) is 4.98 Å². The first-order chi connectivity index (χ1) is 5.04. The zero-order valence-corrected chi connectivity index (χ0v) is 6.68. The van der Waals surface area contributed by atoms with Crippen LogP contribution in [0.3, 0.4) is 0 Å². The molecule has 1 heterocycles. The van der Waals surface area contributed by atoms with Gasteiger partial charge in [0.2, 0.25) is 0 Å². The molecule has 1 rings (SSSR count). The molecule has 1 aromatic heterocycles. The van der Waals surface area contributed by atoms with E-state index in [2.05, 4.69) is 4.98 Å². The molecule has 0 spiro atoms. The molecule has 0 saturated heterocycles. The van der Waals surface area contributed by atoms with E-state index < -0.39 is 0 Å². The van der Waals surface area contributed by atoms with Gasteiger partial charge in [-0.25, -0.2) is 4.98 Å². The predicted molar refractivity (Wildman–Crippen MR) is 46.9 cm³/mol. The van der Waals surface area contributed by atoms with Gasteiger partial charge in [0.25, 0.3) is 0 Å². The van der Waals surface area contributed by atoms with Gasteiger partial charge in [-0.2, -0.15) is 0 Å². The van der Waals surface area contributed by atoms with Gasteiger partial charge < -0.3 is 17.2 Å². The minimum absolute atomic E-state index is 0.408. The van der Waals surface area contributed by atoms with Crippen molar-refractivity contribution in [3.63, 3.8) is 0 Å². The molecule has 0 aliphatic rings. The van der Waals surface area contributed by atoms with Gasteiger partial charge in [0.1, 0.15) is 11.6 Å². The summed E-state index contributed by atoms with van der Waals surface area (Å²) < 4.78 is 0. The van der Waals surface area contributed by atoms with Crippen molar-refractivity contribution in [2.75, 3.05) is 17.2 Å². The number of pyridine rings is 1. The van der Waals surface area contributed by atoms with Crippen LogP contribution in [0.5, 0.6) is 0 Å². The van der Waals surface area contributed by atoms with Crippen LogP contribution in [0.15, 0.2) is 0 Å². The molecule has 4 heteroatoms. The molecule has 11 heavy (non-hydrogen) atoms. The average Bonchev–Trinajstić information content (AvgIpc) is 1.97. The zero-order chi connectivity index (χ0) is 8.59. The molecule has 0 radical (unpaired) electrons. The highest BCUT2D eigenvalue weighted by atomic mass is 14.9. The highest BCUT2D eigenvalue weighted by Gasteiger charge is 2.06. The van der Waals surface area contributed by atoms with Crippen molar-refractivity contribution in [2.45, 2.75) is 13.8 Å². The first-order valence-electron chi connectivity index (χ1n) is 3.31. The van der Waals surface area contributed by atoms with E-state index in [1.807, 2.05) is 13.8 Å². The summed E-state index contributed by atoms with van der Waals surface area (Å²) >= 11 is 0. The lowest BCUT2D eigenvalue weighted by Crippen LogP contribution is -2.05. The van der Waals surface area contributed by atoms with E-state index in [4.69, 9.17) is 17.2 Å². The fourth-order valence-electron chi connectivity index (χ4n) is 0.855. The molecule has 1 aromatic rings. The lowest BCUT2D eigenvalue weighted by atomic mass is 10.1. The third-order valence-corrected chi connectivity index (χ3v) is 1.82. The van der Waals surface area contributed by atoms with Crippen LogP contribution in [0.4, 0.5) is 17.3 Å². The minimum Gasteiger partial charge on any atom is -0.398 e. The van der Waals surface area contributed by atoms with E-state index >= 15 is 0 Å².